The number of carbonyl (C=O) groups is 1. The molecule has 0 aliphatic rings. The third-order valence-electron chi connectivity index (χ3n) is 3.38. The third kappa shape index (κ3) is 3.42. The molecule has 0 aliphatic carbocycles. The molecular weight excluding hydrogens is 304 g/mol. The van der Waals surface area contributed by atoms with Crippen molar-refractivity contribution >= 4 is 23.0 Å². The van der Waals surface area contributed by atoms with E-state index in [1.807, 2.05) is 36.5 Å². The van der Waals surface area contributed by atoms with Crippen molar-refractivity contribution in [2.24, 2.45) is 5.10 Å². The lowest BCUT2D eigenvalue weighted by molar-refractivity contribution is -0.123. The van der Waals surface area contributed by atoms with Crippen LogP contribution in [0.25, 0.3) is 10.9 Å². The Hall–Kier alpha value is -3.59. The first-order valence-corrected chi connectivity index (χ1v) is 7.28. The van der Waals surface area contributed by atoms with Gasteiger partial charge in [0.05, 0.1) is 11.8 Å². The molecule has 2 N–H and O–H groups in total. The van der Waals surface area contributed by atoms with Crippen LogP contribution < -0.4 is 10.2 Å². The first-order chi connectivity index (χ1) is 11.8. The zero-order chi connectivity index (χ0) is 16.8. The molecule has 2 aromatic carbocycles. The van der Waals surface area contributed by atoms with Gasteiger partial charge in [-0.25, -0.2) is 5.43 Å². The molecule has 0 radical (unpaired) electrons. The van der Waals surface area contributed by atoms with Crippen molar-refractivity contribution in [2.45, 2.75) is 0 Å². The summed E-state index contributed by atoms with van der Waals surface area (Å²) in [6, 6.07) is 16.6. The van der Waals surface area contributed by atoms with Crippen molar-refractivity contribution in [1.29, 1.82) is 5.26 Å². The Morgan fingerprint density at radius 2 is 2.04 bits per heavy atom. The maximum atomic E-state index is 11.8. The highest BCUT2D eigenvalue weighted by Crippen LogP contribution is 2.16. The fourth-order valence-electron chi connectivity index (χ4n) is 2.24. The van der Waals surface area contributed by atoms with Gasteiger partial charge in [0, 0.05) is 22.7 Å². The minimum Gasteiger partial charge on any atom is -0.482 e. The number of rotatable bonds is 5. The van der Waals surface area contributed by atoms with Gasteiger partial charge in [-0.3, -0.25) is 4.79 Å². The van der Waals surface area contributed by atoms with E-state index in [1.54, 1.807) is 30.5 Å². The minimum absolute atomic E-state index is 0.218. The summed E-state index contributed by atoms with van der Waals surface area (Å²) in [5.41, 5.74) is 4.66. The van der Waals surface area contributed by atoms with Crippen molar-refractivity contribution in [3.63, 3.8) is 0 Å². The van der Waals surface area contributed by atoms with E-state index in [2.05, 4.69) is 15.5 Å². The maximum Gasteiger partial charge on any atom is 0.277 e. The average Bonchev–Trinajstić information content (AvgIpc) is 3.03. The van der Waals surface area contributed by atoms with Crippen LogP contribution in [0.4, 0.5) is 0 Å². The van der Waals surface area contributed by atoms with Gasteiger partial charge in [0.1, 0.15) is 11.8 Å². The van der Waals surface area contributed by atoms with E-state index >= 15 is 0 Å². The van der Waals surface area contributed by atoms with Gasteiger partial charge in [-0.1, -0.05) is 30.3 Å². The first-order valence-electron chi connectivity index (χ1n) is 7.28. The smallest absolute Gasteiger partial charge is 0.277 e. The van der Waals surface area contributed by atoms with Gasteiger partial charge in [-0.05, 0) is 18.2 Å². The van der Waals surface area contributed by atoms with Crippen LogP contribution in [0, 0.1) is 11.3 Å². The number of para-hydroxylation sites is 2. The van der Waals surface area contributed by atoms with Crippen molar-refractivity contribution in [1.82, 2.24) is 10.4 Å². The maximum absolute atomic E-state index is 11.8. The second-order valence-electron chi connectivity index (χ2n) is 4.98. The van der Waals surface area contributed by atoms with Gasteiger partial charge >= 0.3 is 0 Å². The van der Waals surface area contributed by atoms with Crippen molar-refractivity contribution in [2.75, 3.05) is 6.61 Å². The van der Waals surface area contributed by atoms with Crippen LogP contribution in [0.2, 0.25) is 0 Å². The largest absolute Gasteiger partial charge is 0.482 e. The van der Waals surface area contributed by atoms with Crippen molar-refractivity contribution in [3.8, 4) is 11.8 Å². The summed E-state index contributed by atoms with van der Waals surface area (Å²) in [6.07, 6.45) is 3.39. The Morgan fingerprint density at radius 3 is 2.92 bits per heavy atom. The van der Waals surface area contributed by atoms with E-state index in [1.165, 1.54) is 0 Å². The second kappa shape index (κ2) is 7.11. The number of ether oxygens (including phenoxy) is 1. The standard InChI is InChI=1S/C18H14N4O2/c19-9-13-5-1-4-8-17(13)24-12-18(23)22-21-11-14-10-20-16-7-3-2-6-15(14)16/h1-8,10-11,20H,12H2,(H,22,23)/b21-11+. The number of benzene rings is 2. The molecule has 0 fully saturated rings. The number of carbonyl (C=O) groups excluding carboxylic acids is 1. The summed E-state index contributed by atoms with van der Waals surface area (Å²) in [7, 11) is 0. The normalized spacial score (nSPS) is 10.6. The molecule has 1 aromatic heterocycles. The highest BCUT2D eigenvalue weighted by molar-refractivity contribution is 5.99. The van der Waals surface area contributed by atoms with Crippen LogP contribution in [-0.2, 0) is 4.79 Å². The first kappa shape index (κ1) is 15.3. The van der Waals surface area contributed by atoms with Crippen LogP contribution in [0.15, 0.2) is 59.8 Å². The fraction of sp³-hybridized carbons (Fsp3) is 0.0556. The van der Waals surface area contributed by atoms with E-state index < -0.39 is 5.91 Å². The Morgan fingerprint density at radius 1 is 1.25 bits per heavy atom. The lowest BCUT2D eigenvalue weighted by Gasteiger charge is -2.06. The number of nitrogens with one attached hydrogen (secondary N) is 2. The lowest BCUT2D eigenvalue weighted by Crippen LogP contribution is -2.24. The van der Waals surface area contributed by atoms with Gasteiger partial charge in [0.15, 0.2) is 6.61 Å². The highest BCUT2D eigenvalue weighted by Gasteiger charge is 2.05. The number of nitriles is 1. The molecule has 0 aliphatic heterocycles. The number of hydrogen-bond donors (Lipinski definition) is 2. The fourth-order valence-corrected chi connectivity index (χ4v) is 2.24. The number of H-pyrrole nitrogens is 1. The van der Waals surface area contributed by atoms with Gasteiger partial charge in [-0.15, -0.1) is 0 Å². The molecule has 0 atom stereocenters. The zero-order valence-electron chi connectivity index (χ0n) is 12.7. The molecule has 6 nitrogen and oxygen atoms in total. The van der Waals surface area contributed by atoms with Gasteiger partial charge in [0.2, 0.25) is 0 Å². The van der Waals surface area contributed by atoms with E-state index in [4.69, 9.17) is 10.00 Å². The molecule has 24 heavy (non-hydrogen) atoms. The summed E-state index contributed by atoms with van der Waals surface area (Å²) < 4.78 is 5.33. The quantitative estimate of drug-likeness (QED) is 0.559. The molecule has 0 bridgehead atoms. The lowest BCUT2D eigenvalue weighted by atomic mass is 10.2. The molecule has 0 saturated heterocycles. The Bertz CT molecular complexity index is 937. The van der Waals surface area contributed by atoms with Crippen LogP contribution in [-0.4, -0.2) is 23.7 Å². The molecular formula is C18H14N4O2. The van der Waals surface area contributed by atoms with Gasteiger partial charge in [0.25, 0.3) is 5.91 Å². The van der Waals surface area contributed by atoms with Crippen LogP contribution in [0.1, 0.15) is 11.1 Å². The number of fused-ring (bicyclic) bond motifs is 1. The summed E-state index contributed by atoms with van der Waals surface area (Å²) in [4.78, 5) is 14.9. The van der Waals surface area contributed by atoms with Gasteiger partial charge < -0.3 is 9.72 Å². The number of nitrogens with zero attached hydrogens (tertiary/aromatic N) is 2. The number of aromatic nitrogens is 1. The third-order valence-corrected chi connectivity index (χ3v) is 3.38. The predicted octanol–water partition coefficient (Wildman–Crippen LogP) is 2.57. The Labute approximate surface area is 138 Å². The van der Waals surface area contributed by atoms with E-state index in [0.29, 0.717) is 11.3 Å². The Kier molecular flexibility index (Phi) is 4.54. The van der Waals surface area contributed by atoms with E-state index in [9.17, 15) is 4.79 Å². The number of aromatic amines is 1. The number of hydrazone groups is 1. The molecule has 1 amide bonds. The number of amides is 1. The summed E-state index contributed by atoms with van der Waals surface area (Å²) in [6.45, 7) is -0.218. The van der Waals surface area contributed by atoms with Crippen LogP contribution >= 0.6 is 0 Å². The molecule has 1 heterocycles. The predicted molar refractivity (Wildman–Crippen MR) is 90.7 cm³/mol. The van der Waals surface area contributed by atoms with Crippen LogP contribution in [0.5, 0.6) is 5.75 Å². The Balaban J connectivity index is 1.57. The highest BCUT2D eigenvalue weighted by atomic mass is 16.5. The van der Waals surface area contributed by atoms with E-state index in [-0.39, 0.29) is 6.61 Å². The van der Waals surface area contributed by atoms with Crippen molar-refractivity contribution in [3.05, 3.63) is 65.9 Å². The molecule has 0 saturated carbocycles. The zero-order valence-corrected chi connectivity index (χ0v) is 12.7. The van der Waals surface area contributed by atoms with Gasteiger partial charge in [-0.2, -0.15) is 10.4 Å². The summed E-state index contributed by atoms with van der Waals surface area (Å²) >= 11 is 0. The molecule has 3 aromatic rings. The number of hydrogen-bond acceptors (Lipinski definition) is 4. The molecule has 6 heteroatoms. The van der Waals surface area contributed by atoms with Crippen LogP contribution in [0.3, 0.4) is 0 Å². The molecule has 3 rings (SSSR count). The average molecular weight is 318 g/mol. The molecule has 0 spiro atoms. The molecule has 118 valence electrons. The van der Waals surface area contributed by atoms with E-state index in [0.717, 1.165) is 16.5 Å². The second-order valence-corrected chi connectivity index (χ2v) is 4.98. The van der Waals surface area contributed by atoms with Crippen molar-refractivity contribution < 1.29 is 9.53 Å². The summed E-state index contributed by atoms with van der Waals surface area (Å²) in [5, 5.41) is 13.9. The minimum atomic E-state index is -0.404. The SMILES string of the molecule is N#Cc1ccccc1OCC(=O)N/N=C/c1c[nH]c2ccccc12. The monoisotopic (exact) mass is 318 g/mol. The summed E-state index contributed by atoms with van der Waals surface area (Å²) in [5.74, 6) is -0.0328. The topological polar surface area (TPSA) is 90.3 Å². The molecule has 0 unspecified atom stereocenters.